The maximum atomic E-state index is 13.7. The summed E-state index contributed by atoms with van der Waals surface area (Å²) in [6, 6.07) is 17.6. The fourth-order valence-corrected chi connectivity index (χ4v) is 4.01. The van der Waals surface area contributed by atoms with E-state index in [9.17, 15) is 9.18 Å². The molecule has 0 spiro atoms. The van der Waals surface area contributed by atoms with E-state index in [2.05, 4.69) is 5.32 Å². The van der Waals surface area contributed by atoms with Crippen molar-refractivity contribution >= 4 is 17.5 Å². The Morgan fingerprint density at radius 1 is 1.06 bits per heavy atom. The lowest BCUT2D eigenvalue weighted by atomic mass is 9.96. The number of carbonyl (C=O) groups is 1. The predicted octanol–water partition coefficient (Wildman–Crippen LogP) is 5.05. The number of carbonyl (C=O) groups excluding carboxylic acids is 1. The number of hydrogen-bond acceptors (Lipinski definition) is 2. The van der Waals surface area contributed by atoms with Crippen molar-refractivity contribution in [2.24, 2.45) is 7.05 Å². The molecule has 0 aliphatic heterocycles. The van der Waals surface area contributed by atoms with Gasteiger partial charge in [0.2, 0.25) is 5.62 Å². The molecule has 0 atom stereocenters. The van der Waals surface area contributed by atoms with Crippen molar-refractivity contribution in [1.29, 1.82) is 5.41 Å². The highest BCUT2D eigenvalue weighted by atomic mass is 35.5. The second-order valence-corrected chi connectivity index (χ2v) is 8.49. The lowest BCUT2D eigenvalue weighted by molar-refractivity contribution is 0.0951. The molecule has 2 N–H and O–H groups in total. The van der Waals surface area contributed by atoms with E-state index in [0.717, 1.165) is 27.8 Å². The lowest BCUT2D eigenvalue weighted by Gasteiger charge is -2.13. The molecule has 1 heterocycles. The molecular formula is C26H24ClFN4O. The van der Waals surface area contributed by atoms with Gasteiger partial charge < -0.3 is 14.5 Å². The fourth-order valence-electron chi connectivity index (χ4n) is 3.80. The number of imidazole rings is 1. The van der Waals surface area contributed by atoms with Gasteiger partial charge in [0.25, 0.3) is 5.91 Å². The summed E-state index contributed by atoms with van der Waals surface area (Å²) < 4.78 is 17.2. The number of benzene rings is 3. The Morgan fingerprint density at radius 2 is 1.88 bits per heavy atom. The molecule has 168 valence electrons. The summed E-state index contributed by atoms with van der Waals surface area (Å²) in [4.78, 5) is 13.0. The van der Waals surface area contributed by atoms with Gasteiger partial charge in [-0.3, -0.25) is 10.2 Å². The Hall–Kier alpha value is -3.64. The molecule has 1 amide bonds. The smallest absolute Gasteiger partial charge is 0.251 e. The predicted molar refractivity (Wildman–Crippen MR) is 128 cm³/mol. The van der Waals surface area contributed by atoms with Gasteiger partial charge >= 0.3 is 0 Å². The van der Waals surface area contributed by atoms with Crippen molar-refractivity contribution in [1.82, 2.24) is 14.5 Å². The Bertz CT molecular complexity index is 1390. The Balaban J connectivity index is 1.69. The first-order valence-electron chi connectivity index (χ1n) is 10.5. The fraction of sp³-hybridized carbons (Fsp3) is 0.154. The normalized spacial score (nSPS) is 10.9. The van der Waals surface area contributed by atoms with Crippen LogP contribution in [0.15, 0.2) is 73.1 Å². The molecule has 0 radical (unpaired) electrons. The van der Waals surface area contributed by atoms with E-state index in [1.807, 2.05) is 62.8 Å². The van der Waals surface area contributed by atoms with Crippen molar-refractivity contribution in [2.75, 3.05) is 0 Å². The van der Waals surface area contributed by atoms with Gasteiger partial charge in [0.05, 0.1) is 6.54 Å². The van der Waals surface area contributed by atoms with Crippen LogP contribution in [0.25, 0.3) is 11.1 Å². The molecule has 33 heavy (non-hydrogen) atoms. The minimum Gasteiger partial charge on any atom is -0.348 e. The van der Waals surface area contributed by atoms with Crippen molar-refractivity contribution in [3.05, 3.63) is 112 Å². The first kappa shape index (κ1) is 22.6. The van der Waals surface area contributed by atoms with Gasteiger partial charge in [-0.1, -0.05) is 29.8 Å². The van der Waals surface area contributed by atoms with Gasteiger partial charge in [-0.05, 0) is 77.2 Å². The number of rotatable bonds is 6. The van der Waals surface area contributed by atoms with Crippen LogP contribution < -0.4 is 10.9 Å². The molecule has 0 saturated carbocycles. The largest absolute Gasteiger partial charge is 0.348 e. The SMILES string of the molecule is Cc1cc(F)ccc1-c1cc(Cn2ccn(C)c2=N)cc(C(=O)NCc2cccc(Cl)c2)c1. The van der Waals surface area contributed by atoms with E-state index in [1.165, 1.54) is 12.1 Å². The third-order valence-electron chi connectivity index (χ3n) is 5.53. The topological polar surface area (TPSA) is 62.8 Å². The van der Waals surface area contributed by atoms with Crippen LogP contribution in [-0.2, 0) is 20.1 Å². The maximum Gasteiger partial charge on any atom is 0.251 e. The molecule has 0 fully saturated rings. The molecule has 5 nitrogen and oxygen atoms in total. The number of halogens is 2. The van der Waals surface area contributed by atoms with Crippen LogP contribution in [0.3, 0.4) is 0 Å². The Morgan fingerprint density at radius 3 is 2.58 bits per heavy atom. The molecule has 0 aliphatic rings. The highest BCUT2D eigenvalue weighted by Crippen LogP contribution is 2.27. The number of nitrogens with one attached hydrogen (secondary N) is 2. The summed E-state index contributed by atoms with van der Waals surface area (Å²) in [6.07, 6.45) is 3.64. The van der Waals surface area contributed by atoms with Crippen LogP contribution >= 0.6 is 11.6 Å². The highest BCUT2D eigenvalue weighted by Gasteiger charge is 2.13. The lowest BCUT2D eigenvalue weighted by Crippen LogP contribution is -2.24. The zero-order chi connectivity index (χ0) is 23.5. The van der Waals surface area contributed by atoms with Crippen LogP contribution in [0.4, 0.5) is 4.39 Å². The first-order valence-corrected chi connectivity index (χ1v) is 10.9. The maximum absolute atomic E-state index is 13.7. The quantitative estimate of drug-likeness (QED) is 0.413. The molecule has 0 saturated heterocycles. The van der Waals surface area contributed by atoms with Gasteiger partial charge in [-0.2, -0.15) is 0 Å². The first-order chi connectivity index (χ1) is 15.8. The molecule has 1 aromatic heterocycles. The van der Waals surface area contributed by atoms with E-state index in [1.54, 1.807) is 21.3 Å². The summed E-state index contributed by atoms with van der Waals surface area (Å²) in [5, 5.41) is 11.8. The third-order valence-corrected chi connectivity index (χ3v) is 5.76. The zero-order valence-electron chi connectivity index (χ0n) is 18.4. The van der Waals surface area contributed by atoms with Gasteiger partial charge in [0.1, 0.15) is 5.82 Å². The van der Waals surface area contributed by atoms with Crippen LogP contribution in [-0.4, -0.2) is 15.0 Å². The molecule has 0 unspecified atom stereocenters. The minimum absolute atomic E-state index is 0.220. The molecule has 0 bridgehead atoms. The van der Waals surface area contributed by atoms with Crippen molar-refractivity contribution in [2.45, 2.75) is 20.0 Å². The molecule has 3 aromatic carbocycles. The number of hydrogen-bond donors (Lipinski definition) is 2. The van der Waals surface area contributed by atoms with Gasteiger partial charge in [0.15, 0.2) is 0 Å². The summed E-state index contributed by atoms with van der Waals surface area (Å²) in [5.41, 5.74) is 5.08. The minimum atomic E-state index is -0.300. The van der Waals surface area contributed by atoms with Crippen LogP contribution in [0.2, 0.25) is 5.02 Å². The van der Waals surface area contributed by atoms with Crippen molar-refractivity contribution < 1.29 is 9.18 Å². The molecule has 4 aromatic rings. The average molecular weight is 463 g/mol. The second kappa shape index (κ2) is 9.46. The Labute approximate surface area is 196 Å². The summed E-state index contributed by atoms with van der Waals surface area (Å²) in [5.74, 6) is -0.521. The summed E-state index contributed by atoms with van der Waals surface area (Å²) in [6.45, 7) is 2.62. The highest BCUT2D eigenvalue weighted by molar-refractivity contribution is 6.30. The van der Waals surface area contributed by atoms with Gasteiger partial charge in [0, 0.05) is 36.6 Å². The van der Waals surface area contributed by atoms with Crippen LogP contribution in [0.5, 0.6) is 0 Å². The van der Waals surface area contributed by atoms with Crippen LogP contribution in [0.1, 0.15) is 27.0 Å². The summed E-state index contributed by atoms with van der Waals surface area (Å²) >= 11 is 6.05. The third kappa shape index (κ3) is 5.23. The number of amides is 1. The standard InChI is InChI=1S/C26H24ClFN4O/c1-17-10-23(28)6-7-24(17)20-11-19(16-32-9-8-31(2)26(32)29)12-21(14-20)25(33)30-15-18-4-3-5-22(27)13-18/h3-14,29H,15-16H2,1-2H3,(H,30,33). The van der Waals surface area contributed by atoms with Gasteiger partial charge in [-0.25, -0.2) is 4.39 Å². The van der Waals surface area contributed by atoms with E-state index in [4.69, 9.17) is 17.0 Å². The van der Waals surface area contributed by atoms with Gasteiger partial charge in [-0.15, -0.1) is 0 Å². The molecule has 7 heteroatoms. The van der Waals surface area contributed by atoms with Crippen LogP contribution in [0, 0.1) is 18.2 Å². The monoisotopic (exact) mass is 462 g/mol. The summed E-state index contributed by atoms with van der Waals surface area (Å²) in [7, 11) is 1.81. The number of aromatic nitrogens is 2. The molecular weight excluding hydrogens is 439 g/mol. The van der Waals surface area contributed by atoms with Crippen molar-refractivity contribution in [3.8, 4) is 11.1 Å². The van der Waals surface area contributed by atoms with E-state index in [-0.39, 0.29) is 11.7 Å². The Kier molecular flexibility index (Phi) is 6.47. The molecule has 4 rings (SSSR count). The van der Waals surface area contributed by atoms with E-state index >= 15 is 0 Å². The number of aryl methyl sites for hydroxylation is 2. The van der Waals surface area contributed by atoms with E-state index in [0.29, 0.717) is 29.3 Å². The van der Waals surface area contributed by atoms with E-state index < -0.39 is 0 Å². The number of nitrogens with zero attached hydrogens (tertiary/aromatic N) is 2. The second-order valence-electron chi connectivity index (χ2n) is 8.05. The zero-order valence-corrected chi connectivity index (χ0v) is 19.2. The van der Waals surface area contributed by atoms with Crippen molar-refractivity contribution in [3.63, 3.8) is 0 Å². The molecule has 0 aliphatic carbocycles. The average Bonchev–Trinajstić information content (AvgIpc) is 3.09.